The van der Waals surface area contributed by atoms with Gasteiger partial charge >= 0.3 is 0 Å². The normalized spacial score (nSPS) is 12.8. The lowest BCUT2D eigenvalue weighted by atomic mass is 9.91. The fraction of sp³-hybridized carbons (Fsp3) is 0.118. The van der Waals surface area contributed by atoms with Crippen LogP contribution in [0.1, 0.15) is 50.6 Å². The molecular formula is C51H40N6. The second-order valence-corrected chi connectivity index (χ2v) is 16.2. The van der Waals surface area contributed by atoms with E-state index in [9.17, 15) is 0 Å². The van der Waals surface area contributed by atoms with Crippen LogP contribution >= 0.6 is 0 Å². The molecule has 0 N–H and O–H groups in total. The van der Waals surface area contributed by atoms with E-state index in [1.54, 1.807) is 0 Å². The molecule has 0 amide bonds. The highest BCUT2D eigenvalue weighted by Gasteiger charge is 2.25. The molecule has 0 radical (unpaired) electrons. The molecule has 6 nitrogen and oxygen atoms in total. The summed E-state index contributed by atoms with van der Waals surface area (Å²) in [4.78, 5) is 15.8. The van der Waals surface area contributed by atoms with Gasteiger partial charge in [0.1, 0.15) is 5.82 Å². The molecule has 0 saturated carbocycles. The largest absolute Gasteiger partial charge is 0.309 e. The number of rotatable bonds is 5. The van der Waals surface area contributed by atoms with Gasteiger partial charge in [-0.2, -0.15) is 15.0 Å². The average Bonchev–Trinajstić information content (AvgIpc) is 3.88. The number of hydrogen-bond acceptors (Lipinski definition) is 3. The van der Waals surface area contributed by atoms with E-state index in [-0.39, 0.29) is 11.3 Å². The number of nitrogens with zero attached hydrogens (tertiary/aromatic N) is 6. The van der Waals surface area contributed by atoms with Gasteiger partial charge < -0.3 is 4.57 Å². The molecule has 1 unspecified atom stereocenters. The average molecular weight is 737 g/mol. The number of hydrogen-bond donors (Lipinski definition) is 0. The Morgan fingerprint density at radius 3 is 1.21 bits per heavy atom. The van der Waals surface area contributed by atoms with Crippen LogP contribution < -0.4 is 0 Å². The second-order valence-electron chi connectivity index (χ2n) is 16.2. The monoisotopic (exact) mass is 736 g/mol. The summed E-state index contributed by atoms with van der Waals surface area (Å²) in [6.07, 6.45) is 0. The lowest BCUT2D eigenvalue weighted by Gasteiger charge is -2.19. The Labute approximate surface area is 330 Å². The van der Waals surface area contributed by atoms with Gasteiger partial charge in [-0.25, -0.2) is 0 Å². The molecule has 1 atom stereocenters. The van der Waals surface area contributed by atoms with Crippen LogP contribution in [-0.2, 0) is 5.41 Å². The van der Waals surface area contributed by atoms with Gasteiger partial charge in [0.15, 0.2) is 0 Å². The van der Waals surface area contributed by atoms with Gasteiger partial charge in [-0.15, -0.1) is 0 Å². The van der Waals surface area contributed by atoms with E-state index >= 15 is 0 Å². The van der Waals surface area contributed by atoms with Crippen molar-refractivity contribution in [3.63, 3.8) is 0 Å². The summed E-state index contributed by atoms with van der Waals surface area (Å²) in [6.45, 7) is 8.82. The van der Waals surface area contributed by atoms with Crippen LogP contribution in [0, 0.1) is 0 Å². The molecule has 0 aliphatic heterocycles. The van der Waals surface area contributed by atoms with Crippen molar-refractivity contribution in [2.75, 3.05) is 0 Å². The Morgan fingerprint density at radius 2 is 0.754 bits per heavy atom. The van der Waals surface area contributed by atoms with Crippen LogP contribution in [0.3, 0.4) is 0 Å². The SMILES string of the molecule is CC(c1ccc2c3ccccc3n(-c3ccccc3)c2c1)c1ccc2c3ccccc3n(-c3nc(-n4c5ccccc5c5ccccc54)nc(C(C)(C)C)n3)c2c1. The van der Waals surface area contributed by atoms with E-state index in [1.807, 2.05) is 0 Å². The van der Waals surface area contributed by atoms with Crippen LogP contribution in [0.25, 0.3) is 83.0 Å². The zero-order valence-corrected chi connectivity index (χ0v) is 32.3. The van der Waals surface area contributed by atoms with Crippen LogP contribution in [0.15, 0.2) is 164 Å². The maximum atomic E-state index is 5.36. The number of benzene rings is 7. The molecule has 274 valence electrons. The zero-order chi connectivity index (χ0) is 38.4. The van der Waals surface area contributed by atoms with Gasteiger partial charge in [0.05, 0.1) is 33.1 Å². The molecule has 11 rings (SSSR count). The van der Waals surface area contributed by atoms with E-state index in [1.165, 1.54) is 43.7 Å². The van der Waals surface area contributed by atoms with Gasteiger partial charge in [-0.05, 0) is 59.7 Å². The van der Waals surface area contributed by atoms with E-state index < -0.39 is 0 Å². The van der Waals surface area contributed by atoms with Crippen LogP contribution in [0.2, 0.25) is 0 Å². The molecule has 57 heavy (non-hydrogen) atoms. The molecule has 0 spiro atoms. The van der Waals surface area contributed by atoms with Crippen molar-refractivity contribution in [3.05, 3.63) is 181 Å². The molecule has 0 aliphatic rings. The molecule has 6 heteroatoms. The maximum absolute atomic E-state index is 5.36. The highest BCUT2D eigenvalue weighted by atomic mass is 15.3. The van der Waals surface area contributed by atoms with Gasteiger partial charge in [-0.1, -0.05) is 143 Å². The molecule has 0 aliphatic carbocycles. The predicted octanol–water partition coefficient (Wildman–Crippen LogP) is 12.6. The minimum absolute atomic E-state index is 0.115. The molecule has 4 aromatic heterocycles. The van der Waals surface area contributed by atoms with E-state index in [4.69, 9.17) is 15.0 Å². The summed E-state index contributed by atoms with van der Waals surface area (Å²) in [5, 5.41) is 7.18. The highest BCUT2D eigenvalue weighted by Crippen LogP contribution is 2.39. The van der Waals surface area contributed by atoms with Crippen molar-refractivity contribution >= 4 is 65.4 Å². The van der Waals surface area contributed by atoms with E-state index in [0.29, 0.717) is 11.9 Å². The Kier molecular flexibility index (Phi) is 7.29. The summed E-state index contributed by atoms with van der Waals surface area (Å²) < 4.78 is 6.83. The molecule has 7 aromatic carbocycles. The smallest absolute Gasteiger partial charge is 0.239 e. The van der Waals surface area contributed by atoms with Gasteiger partial charge in [0.25, 0.3) is 0 Å². The molecular weight excluding hydrogens is 697 g/mol. The lowest BCUT2D eigenvalue weighted by Crippen LogP contribution is -2.21. The van der Waals surface area contributed by atoms with Gasteiger partial charge in [-0.3, -0.25) is 9.13 Å². The minimum atomic E-state index is -0.329. The first kappa shape index (κ1) is 33.3. The van der Waals surface area contributed by atoms with Gasteiger partial charge in [0, 0.05) is 49.3 Å². The Hall–Kier alpha value is -7.05. The van der Waals surface area contributed by atoms with Crippen LogP contribution in [-0.4, -0.2) is 28.7 Å². The van der Waals surface area contributed by atoms with E-state index in [2.05, 4.69) is 205 Å². The van der Waals surface area contributed by atoms with Crippen molar-refractivity contribution in [1.82, 2.24) is 28.7 Å². The topological polar surface area (TPSA) is 53.5 Å². The summed E-state index contributed by atoms with van der Waals surface area (Å²) in [6, 6.07) is 58.9. The van der Waals surface area contributed by atoms with Crippen LogP contribution in [0.5, 0.6) is 0 Å². The fourth-order valence-corrected chi connectivity index (χ4v) is 8.80. The van der Waals surface area contributed by atoms with Crippen molar-refractivity contribution in [2.24, 2.45) is 0 Å². The summed E-state index contributed by atoms with van der Waals surface area (Å²) >= 11 is 0. The second kappa shape index (κ2) is 12.5. The number of fused-ring (bicyclic) bond motifs is 9. The Bertz CT molecular complexity index is 3300. The summed E-state index contributed by atoms with van der Waals surface area (Å²) in [5.41, 5.74) is 9.99. The first-order chi connectivity index (χ1) is 27.8. The summed E-state index contributed by atoms with van der Waals surface area (Å²) in [5.74, 6) is 2.07. The van der Waals surface area contributed by atoms with Crippen molar-refractivity contribution in [1.29, 1.82) is 0 Å². The lowest BCUT2D eigenvalue weighted by molar-refractivity contribution is 0.537. The molecule has 0 bridgehead atoms. The molecule has 0 fully saturated rings. The Morgan fingerprint density at radius 1 is 0.386 bits per heavy atom. The quantitative estimate of drug-likeness (QED) is 0.177. The third-order valence-electron chi connectivity index (χ3n) is 11.7. The first-order valence-electron chi connectivity index (χ1n) is 19.7. The minimum Gasteiger partial charge on any atom is -0.309 e. The molecule has 4 heterocycles. The number of aromatic nitrogens is 6. The Balaban J connectivity index is 1.12. The maximum Gasteiger partial charge on any atom is 0.239 e. The predicted molar refractivity (Wildman–Crippen MR) is 236 cm³/mol. The van der Waals surface area contributed by atoms with Crippen molar-refractivity contribution in [3.8, 4) is 17.6 Å². The third kappa shape index (κ3) is 5.14. The molecule has 11 aromatic rings. The number of para-hydroxylation sites is 5. The highest BCUT2D eigenvalue weighted by molar-refractivity contribution is 6.11. The summed E-state index contributed by atoms with van der Waals surface area (Å²) in [7, 11) is 0. The standard InChI is InChI=1S/C51H40N6/c1-32(33-26-28-40-38-20-8-12-22-42(38)55(46(40)30-33)35-16-6-5-7-17-35)34-27-29-41-39-21-11-15-25-45(39)57(47(41)31-34)50-53-48(51(2,3)4)52-49(54-50)56-43-23-13-9-18-36(43)37-19-10-14-24-44(37)56/h5-32H,1-4H3. The van der Waals surface area contributed by atoms with Crippen LogP contribution in [0.4, 0.5) is 0 Å². The third-order valence-corrected chi connectivity index (χ3v) is 11.7. The van der Waals surface area contributed by atoms with Gasteiger partial charge in [0.2, 0.25) is 11.9 Å². The van der Waals surface area contributed by atoms with Crippen molar-refractivity contribution in [2.45, 2.75) is 39.0 Å². The fourth-order valence-electron chi connectivity index (χ4n) is 8.80. The first-order valence-corrected chi connectivity index (χ1v) is 19.7. The van der Waals surface area contributed by atoms with Crippen molar-refractivity contribution < 1.29 is 0 Å². The molecule has 0 saturated heterocycles. The zero-order valence-electron chi connectivity index (χ0n) is 32.3. The van der Waals surface area contributed by atoms with E-state index in [0.717, 1.165) is 44.4 Å².